The Morgan fingerprint density at radius 1 is 0.833 bits per heavy atom. The first kappa shape index (κ1) is 30.3. The van der Waals surface area contributed by atoms with Gasteiger partial charge in [0.05, 0.1) is 6.61 Å². The van der Waals surface area contributed by atoms with Crippen molar-refractivity contribution < 1.29 is 14.6 Å². The van der Waals surface area contributed by atoms with Gasteiger partial charge in [-0.1, -0.05) is 67.0 Å². The lowest BCUT2D eigenvalue weighted by Crippen LogP contribution is -2.65. The zero-order valence-corrected chi connectivity index (χ0v) is 27.7. The minimum absolute atomic E-state index is 0.229. The first-order valence-electron chi connectivity index (χ1n) is 17.4. The Bertz CT molecular complexity index is 1200. The molecule has 10 atom stereocenters. The second-order valence-corrected chi connectivity index (χ2v) is 17.3. The highest BCUT2D eigenvalue weighted by atomic mass is 16.5. The third kappa shape index (κ3) is 4.52. The van der Waals surface area contributed by atoms with Gasteiger partial charge in [-0.15, -0.1) is 0 Å². The maximum Gasteiger partial charge on any atom is 0.330 e. The van der Waals surface area contributed by atoms with Crippen LogP contribution in [0.2, 0.25) is 0 Å². The van der Waals surface area contributed by atoms with Crippen molar-refractivity contribution in [1.29, 1.82) is 0 Å². The van der Waals surface area contributed by atoms with Gasteiger partial charge in [-0.2, -0.15) is 0 Å². The molecule has 5 aliphatic carbocycles. The van der Waals surface area contributed by atoms with Crippen molar-refractivity contribution in [2.75, 3.05) is 6.61 Å². The van der Waals surface area contributed by atoms with E-state index >= 15 is 0 Å². The van der Waals surface area contributed by atoms with Gasteiger partial charge >= 0.3 is 5.97 Å². The maximum absolute atomic E-state index is 12.6. The summed E-state index contributed by atoms with van der Waals surface area (Å²) in [6.45, 7) is 18.9. The fourth-order valence-corrected chi connectivity index (χ4v) is 13.1. The predicted molar refractivity (Wildman–Crippen MR) is 172 cm³/mol. The standard InChI is InChI=1S/C39H58O3/c1-26(25-42-34(41)16-11-27-9-12-28(40)13-10-27)29-17-22-36(4)30(29)18-23-38(6)32(36)14-15-33-37(5)21-8-20-35(2,3)31(37)19-24-39(33,38)7/h9-13,16,26,29-33,40H,8,14-15,17-25H2,1-7H3/b16-11+/t26?,29-,30+,31+,32-,33-,36+,37+,38-,39-/m1/s1. The lowest BCUT2D eigenvalue weighted by Gasteiger charge is -2.73. The second kappa shape index (κ2) is 10.4. The topological polar surface area (TPSA) is 46.5 Å². The van der Waals surface area contributed by atoms with Gasteiger partial charge in [-0.05, 0) is 151 Å². The lowest BCUT2D eigenvalue weighted by atomic mass is 9.32. The molecule has 1 N–H and O–H groups in total. The molecule has 42 heavy (non-hydrogen) atoms. The summed E-state index contributed by atoms with van der Waals surface area (Å²) in [7, 11) is 0. The summed E-state index contributed by atoms with van der Waals surface area (Å²) in [6, 6.07) is 6.86. The highest BCUT2D eigenvalue weighted by Gasteiger charge is 2.70. The molecule has 3 heteroatoms. The summed E-state index contributed by atoms with van der Waals surface area (Å²) in [4.78, 5) is 12.6. The lowest BCUT2D eigenvalue weighted by molar-refractivity contribution is -0.241. The molecule has 0 bridgehead atoms. The van der Waals surface area contributed by atoms with Crippen LogP contribution in [0.4, 0.5) is 0 Å². The summed E-state index contributed by atoms with van der Waals surface area (Å²) in [5, 5.41) is 9.48. The smallest absolute Gasteiger partial charge is 0.330 e. The molecule has 0 aliphatic heterocycles. The van der Waals surface area contributed by atoms with E-state index in [0.29, 0.717) is 45.5 Å². The average Bonchev–Trinajstić information content (AvgIpc) is 3.28. The molecule has 0 radical (unpaired) electrons. The van der Waals surface area contributed by atoms with E-state index in [1.54, 1.807) is 30.3 Å². The fraction of sp³-hybridized carbons (Fsp3) is 0.769. The summed E-state index contributed by atoms with van der Waals surface area (Å²) in [5.74, 6) is 4.31. The molecule has 0 aromatic heterocycles. The molecule has 5 saturated carbocycles. The molecule has 0 heterocycles. The van der Waals surface area contributed by atoms with Gasteiger partial charge in [-0.25, -0.2) is 4.79 Å². The number of aromatic hydroxyl groups is 1. The number of fused-ring (bicyclic) bond motifs is 7. The highest BCUT2D eigenvalue weighted by Crippen LogP contribution is 2.78. The largest absolute Gasteiger partial charge is 0.508 e. The molecule has 0 amide bonds. The number of hydrogen-bond acceptors (Lipinski definition) is 3. The van der Waals surface area contributed by atoms with E-state index in [1.807, 2.05) is 0 Å². The van der Waals surface area contributed by atoms with E-state index in [0.717, 1.165) is 29.2 Å². The molecule has 5 aliphatic rings. The first-order chi connectivity index (χ1) is 19.7. The fourth-order valence-electron chi connectivity index (χ4n) is 13.1. The summed E-state index contributed by atoms with van der Waals surface area (Å²) in [5.41, 5.74) is 3.18. The summed E-state index contributed by atoms with van der Waals surface area (Å²) in [6.07, 6.45) is 18.7. The predicted octanol–water partition coefficient (Wildman–Crippen LogP) is 10.1. The Kier molecular flexibility index (Phi) is 7.50. The summed E-state index contributed by atoms with van der Waals surface area (Å²) >= 11 is 0. The van der Waals surface area contributed by atoms with Crippen molar-refractivity contribution in [3.63, 3.8) is 0 Å². The quantitative estimate of drug-likeness (QED) is 0.281. The molecule has 1 unspecified atom stereocenters. The van der Waals surface area contributed by atoms with E-state index in [9.17, 15) is 9.90 Å². The number of ether oxygens (including phenoxy) is 1. The molecule has 1 aromatic carbocycles. The van der Waals surface area contributed by atoms with Crippen LogP contribution in [0, 0.1) is 62.6 Å². The maximum atomic E-state index is 12.6. The van der Waals surface area contributed by atoms with E-state index in [1.165, 1.54) is 76.7 Å². The van der Waals surface area contributed by atoms with Crippen molar-refractivity contribution in [3.05, 3.63) is 35.9 Å². The molecule has 1 aromatic rings. The van der Waals surface area contributed by atoms with Crippen LogP contribution in [0.5, 0.6) is 5.75 Å². The number of rotatable bonds is 5. The Balaban J connectivity index is 1.14. The number of benzene rings is 1. The third-order valence-electron chi connectivity index (χ3n) is 15.3. The molecule has 6 rings (SSSR count). The number of carbonyl (C=O) groups excluding carboxylic acids is 1. The van der Waals surface area contributed by atoms with Crippen molar-refractivity contribution in [3.8, 4) is 5.75 Å². The van der Waals surface area contributed by atoms with Crippen LogP contribution >= 0.6 is 0 Å². The van der Waals surface area contributed by atoms with Gasteiger partial charge in [0.1, 0.15) is 5.75 Å². The Morgan fingerprint density at radius 2 is 1.48 bits per heavy atom. The van der Waals surface area contributed by atoms with Crippen molar-refractivity contribution in [2.24, 2.45) is 62.6 Å². The monoisotopic (exact) mass is 574 g/mol. The van der Waals surface area contributed by atoms with E-state index in [-0.39, 0.29) is 11.7 Å². The third-order valence-corrected chi connectivity index (χ3v) is 15.3. The van der Waals surface area contributed by atoms with Crippen LogP contribution in [0.25, 0.3) is 6.08 Å². The van der Waals surface area contributed by atoms with Crippen molar-refractivity contribution in [1.82, 2.24) is 0 Å². The highest BCUT2D eigenvalue weighted by molar-refractivity contribution is 5.87. The van der Waals surface area contributed by atoms with Crippen LogP contribution in [-0.2, 0) is 9.53 Å². The molecule has 232 valence electrons. The molecule has 3 nitrogen and oxygen atoms in total. The minimum Gasteiger partial charge on any atom is -0.508 e. The number of hydrogen-bond donors (Lipinski definition) is 1. The first-order valence-corrected chi connectivity index (χ1v) is 17.4. The van der Waals surface area contributed by atoms with Gasteiger partial charge in [0.15, 0.2) is 0 Å². The number of phenols is 1. The van der Waals surface area contributed by atoms with Crippen LogP contribution in [0.1, 0.15) is 125 Å². The number of esters is 1. The van der Waals surface area contributed by atoms with Gasteiger partial charge in [0.2, 0.25) is 0 Å². The Labute approximate surface area is 256 Å². The molecular formula is C39H58O3. The van der Waals surface area contributed by atoms with Gasteiger partial charge < -0.3 is 9.84 Å². The van der Waals surface area contributed by atoms with Gasteiger partial charge in [0.25, 0.3) is 0 Å². The van der Waals surface area contributed by atoms with E-state index in [2.05, 4.69) is 48.5 Å². The summed E-state index contributed by atoms with van der Waals surface area (Å²) < 4.78 is 5.79. The zero-order valence-electron chi connectivity index (χ0n) is 27.7. The second-order valence-electron chi connectivity index (χ2n) is 17.3. The Morgan fingerprint density at radius 3 is 2.17 bits per heavy atom. The van der Waals surface area contributed by atoms with Crippen LogP contribution < -0.4 is 0 Å². The molecule has 5 fully saturated rings. The van der Waals surface area contributed by atoms with Crippen LogP contribution in [0.3, 0.4) is 0 Å². The van der Waals surface area contributed by atoms with Gasteiger partial charge in [-0.3, -0.25) is 0 Å². The van der Waals surface area contributed by atoms with Crippen molar-refractivity contribution in [2.45, 2.75) is 119 Å². The Hall–Kier alpha value is -1.77. The van der Waals surface area contributed by atoms with Crippen LogP contribution in [-0.4, -0.2) is 17.7 Å². The van der Waals surface area contributed by atoms with Crippen LogP contribution in [0.15, 0.2) is 30.3 Å². The zero-order chi connectivity index (χ0) is 30.1. The average molecular weight is 575 g/mol. The number of phenolic OH excluding ortho intramolecular Hbond substituents is 1. The molecular weight excluding hydrogens is 516 g/mol. The minimum atomic E-state index is -0.270. The molecule has 0 saturated heterocycles. The van der Waals surface area contributed by atoms with E-state index in [4.69, 9.17) is 4.74 Å². The van der Waals surface area contributed by atoms with Gasteiger partial charge in [0, 0.05) is 6.08 Å². The van der Waals surface area contributed by atoms with Crippen molar-refractivity contribution >= 4 is 12.0 Å². The SMILES string of the molecule is CC(COC(=O)/C=C/c1ccc(O)cc1)[C@H]1CC[C@]2(C)[C@H]3CC[C@@H]4[C@@]5(C)CCCC(C)(C)[C@@H]5CC[C@@]4(C)[C@]3(C)CC[C@@H]12. The molecule has 0 spiro atoms. The normalized spacial score (nSPS) is 44.9. The van der Waals surface area contributed by atoms with E-state index < -0.39 is 0 Å². The number of carbonyl (C=O) groups is 1.